The fourth-order valence-electron chi connectivity index (χ4n) is 2.31. The molecule has 0 nitrogen and oxygen atoms in total. The number of hydrogen-bond donors (Lipinski definition) is 0. The Morgan fingerprint density at radius 3 is 0.905 bits per heavy atom. The SMILES string of the molecule is [Cl-].[Rh].c1ccc([PH+](c2ccccc2)c2ccccc2)cc1. The quantitative estimate of drug-likeness (QED) is 0.434. The standard InChI is InChI=1S/C18H15P.ClH.Rh/c1-4-10-16(11-5-1)19(17-12-6-2-7-13-17)18-14-8-3-9-15-18;;/h1-15H;1H;. The summed E-state index contributed by atoms with van der Waals surface area (Å²) in [5.41, 5.74) is 0. The van der Waals surface area contributed by atoms with Crippen molar-refractivity contribution >= 4 is 23.8 Å². The second-order valence-electron chi connectivity index (χ2n) is 4.47. The maximum atomic E-state index is 2.24. The van der Waals surface area contributed by atoms with E-state index in [1.165, 1.54) is 15.9 Å². The van der Waals surface area contributed by atoms with Gasteiger partial charge in [0.1, 0.15) is 15.9 Å². The van der Waals surface area contributed by atoms with Crippen LogP contribution in [0.4, 0.5) is 0 Å². The Hall–Kier alpha value is -0.997. The van der Waals surface area contributed by atoms with Gasteiger partial charge in [0.05, 0.1) is 7.92 Å². The summed E-state index contributed by atoms with van der Waals surface area (Å²) >= 11 is 0. The zero-order chi connectivity index (χ0) is 12.9. The van der Waals surface area contributed by atoms with E-state index in [4.69, 9.17) is 0 Å². The van der Waals surface area contributed by atoms with Gasteiger partial charge in [-0.05, 0) is 36.4 Å². The van der Waals surface area contributed by atoms with Crippen LogP contribution >= 0.6 is 7.92 Å². The Morgan fingerprint density at radius 2 is 0.667 bits per heavy atom. The molecule has 109 valence electrons. The van der Waals surface area contributed by atoms with Crippen molar-refractivity contribution in [3.8, 4) is 0 Å². The van der Waals surface area contributed by atoms with Gasteiger partial charge in [0.25, 0.3) is 0 Å². The van der Waals surface area contributed by atoms with Gasteiger partial charge in [0.2, 0.25) is 0 Å². The molecule has 21 heavy (non-hydrogen) atoms. The Morgan fingerprint density at radius 1 is 0.429 bits per heavy atom. The first-order valence-corrected chi connectivity index (χ1v) is 7.98. The van der Waals surface area contributed by atoms with Crippen LogP contribution < -0.4 is 28.3 Å². The summed E-state index contributed by atoms with van der Waals surface area (Å²) in [6, 6.07) is 32.5. The molecule has 0 aromatic heterocycles. The predicted molar refractivity (Wildman–Crippen MR) is 86.5 cm³/mol. The molecule has 0 amide bonds. The van der Waals surface area contributed by atoms with Crippen molar-refractivity contribution in [2.24, 2.45) is 0 Å². The summed E-state index contributed by atoms with van der Waals surface area (Å²) in [6.45, 7) is 0. The van der Waals surface area contributed by atoms with Crippen molar-refractivity contribution in [1.29, 1.82) is 0 Å². The van der Waals surface area contributed by atoms with Gasteiger partial charge < -0.3 is 12.4 Å². The number of rotatable bonds is 3. The van der Waals surface area contributed by atoms with E-state index in [0.29, 0.717) is 0 Å². The first kappa shape index (κ1) is 18.1. The van der Waals surface area contributed by atoms with E-state index in [1.54, 1.807) is 0 Å². The molecule has 0 saturated heterocycles. The van der Waals surface area contributed by atoms with Gasteiger partial charge in [-0.15, -0.1) is 0 Å². The van der Waals surface area contributed by atoms with Crippen LogP contribution in [0.1, 0.15) is 0 Å². The van der Waals surface area contributed by atoms with Gasteiger partial charge in [-0.3, -0.25) is 0 Å². The third-order valence-electron chi connectivity index (χ3n) is 3.19. The minimum absolute atomic E-state index is 0. The van der Waals surface area contributed by atoms with Crippen LogP contribution in [0, 0.1) is 0 Å². The molecule has 0 unspecified atom stereocenters. The van der Waals surface area contributed by atoms with Crippen molar-refractivity contribution in [2.45, 2.75) is 0 Å². The van der Waals surface area contributed by atoms with Crippen LogP contribution in [0.15, 0.2) is 91.0 Å². The minimum atomic E-state index is -0.877. The third kappa shape index (κ3) is 4.48. The predicted octanol–water partition coefficient (Wildman–Crippen LogP) is 0.179. The Bertz CT molecular complexity index is 535. The Labute approximate surface area is 146 Å². The van der Waals surface area contributed by atoms with E-state index in [-0.39, 0.29) is 31.9 Å². The molecule has 0 bridgehead atoms. The van der Waals surface area contributed by atoms with Gasteiger partial charge in [0, 0.05) is 19.5 Å². The molecule has 0 saturated carbocycles. The molecule has 0 aliphatic heterocycles. The van der Waals surface area contributed by atoms with Crippen molar-refractivity contribution in [2.75, 3.05) is 0 Å². The zero-order valence-corrected chi connectivity index (χ0v) is 14.8. The van der Waals surface area contributed by atoms with Gasteiger partial charge in [-0.1, -0.05) is 54.6 Å². The van der Waals surface area contributed by atoms with Crippen molar-refractivity contribution in [3.05, 3.63) is 91.0 Å². The van der Waals surface area contributed by atoms with Crippen LogP contribution in [0.5, 0.6) is 0 Å². The molecule has 3 rings (SSSR count). The molecule has 0 aliphatic carbocycles. The minimum Gasteiger partial charge on any atom is -1.00 e. The molecule has 3 heteroatoms. The average Bonchev–Trinajstić information content (AvgIpc) is 2.51. The van der Waals surface area contributed by atoms with Gasteiger partial charge in [-0.25, -0.2) is 0 Å². The summed E-state index contributed by atoms with van der Waals surface area (Å²) in [4.78, 5) is 0. The number of halogens is 1. The smallest absolute Gasteiger partial charge is 0.102 e. The van der Waals surface area contributed by atoms with Crippen LogP contribution in [0.3, 0.4) is 0 Å². The normalized spacial score (nSPS) is 9.57. The molecular weight excluding hydrogens is 386 g/mol. The van der Waals surface area contributed by atoms with E-state index < -0.39 is 7.92 Å². The molecule has 1 radical (unpaired) electrons. The molecule has 3 aromatic carbocycles. The average molecular weight is 402 g/mol. The van der Waals surface area contributed by atoms with Crippen LogP contribution in [-0.2, 0) is 19.5 Å². The molecular formula is C18H16ClPRh. The molecule has 0 heterocycles. The molecule has 0 atom stereocenters. The van der Waals surface area contributed by atoms with E-state index in [1.807, 2.05) is 0 Å². The summed E-state index contributed by atoms with van der Waals surface area (Å²) in [5, 5.41) is 4.31. The van der Waals surface area contributed by atoms with Gasteiger partial charge >= 0.3 is 0 Å². The number of hydrogen-bond acceptors (Lipinski definition) is 0. The third-order valence-corrected chi connectivity index (χ3v) is 5.92. The first-order chi connectivity index (χ1) is 9.45. The fraction of sp³-hybridized carbons (Fsp3) is 0. The second-order valence-corrected chi connectivity index (χ2v) is 6.96. The van der Waals surface area contributed by atoms with Crippen molar-refractivity contribution in [3.63, 3.8) is 0 Å². The van der Waals surface area contributed by atoms with E-state index >= 15 is 0 Å². The van der Waals surface area contributed by atoms with Crippen molar-refractivity contribution in [1.82, 2.24) is 0 Å². The largest absolute Gasteiger partial charge is 1.00 e. The Balaban J connectivity index is 0.00000110. The van der Waals surface area contributed by atoms with Crippen molar-refractivity contribution < 1.29 is 31.9 Å². The molecule has 0 aliphatic rings. The van der Waals surface area contributed by atoms with Gasteiger partial charge in [0.15, 0.2) is 0 Å². The zero-order valence-electron chi connectivity index (χ0n) is 11.4. The summed E-state index contributed by atoms with van der Waals surface area (Å²) in [7, 11) is -0.877. The Kier molecular flexibility index (Phi) is 7.83. The van der Waals surface area contributed by atoms with Crippen LogP contribution in [0.2, 0.25) is 0 Å². The van der Waals surface area contributed by atoms with Gasteiger partial charge in [-0.2, -0.15) is 0 Å². The molecule has 0 fully saturated rings. The fourth-order valence-corrected chi connectivity index (χ4v) is 4.89. The monoisotopic (exact) mass is 401 g/mol. The summed E-state index contributed by atoms with van der Waals surface area (Å²) in [5.74, 6) is 0. The van der Waals surface area contributed by atoms with Crippen LogP contribution in [-0.4, -0.2) is 0 Å². The summed E-state index contributed by atoms with van der Waals surface area (Å²) < 4.78 is 0. The molecule has 0 spiro atoms. The van der Waals surface area contributed by atoms with Crippen LogP contribution in [0.25, 0.3) is 0 Å². The van der Waals surface area contributed by atoms with E-state index in [0.717, 1.165) is 0 Å². The summed E-state index contributed by atoms with van der Waals surface area (Å²) in [6.07, 6.45) is 0. The van der Waals surface area contributed by atoms with E-state index in [2.05, 4.69) is 91.0 Å². The maximum absolute atomic E-state index is 2.24. The van der Waals surface area contributed by atoms with E-state index in [9.17, 15) is 0 Å². The molecule has 0 N–H and O–H groups in total. The molecule has 3 aromatic rings. The maximum Gasteiger partial charge on any atom is 0.102 e. The topological polar surface area (TPSA) is 0 Å². The first-order valence-electron chi connectivity index (χ1n) is 6.48. The second kappa shape index (κ2) is 9.11. The number of benzene rings is 3.